The molecule has 0 amide bonds. The predicted octanol–water partition coefficient (Wildman–Crippen LogP) is 3.78. The summed E-state index contributed by atoms with van der Waals surface area (Å²) >= 11 is 0. The Balaban J connectivity index is 1.58. The van der Waals surface area contributed by atoms with Gasteiger partial charge in [0.05, 0.1) is 6.54 Å². The van der Waals surface area contributed by atoms with E-state index in [1.807, 2.05) is 23.1 Å². The van der Waals surface area contributed by atoms with Gasteiger partial charge in [0.25, 0.3) is 0 Å². The van der Waals surface area contributed by atoms with E-state index < -0.39 is 0 Å². The van der Waals surface area contributed by atoms with Crippen LogP contribution < -0.4 is 5.32 Å². The first-order valence-corrected chi connectivity index (χ1v) is 7.53. The lowest BCUT2D eigenvalue weighted by atomic mass is 9.73. The van der Waals surface area contributed by atoms with Crippen LogP contribution in [0.15, 0.2) is 42.7 Å². The Morgan fingerprint density at radius 2 is 2.15 bits per heavy atom. The van der Waals surface area contributed by atoms with Gasteiger partial charge in [-0.3, -0.25) is 4.68 Å². The van der Waals surface area contributed by atoms with Crippen molar-refractivity contribution < 1.29 is 0 Å². The van der Waals surface area contributed by atoms with Crippen molar-refractivity contribution in [3.05, 3.63) is 48.3 Å². The molecule has 0 saturated heterocycles. The van der Waals surface area contributed by atoms with E-state index in [-0.39, 0.29) is 0 Å². The SMILES string of the molecule is CC(C)C1CC(Nc2cccc(Cn3cccn3)c2)C1. The van der Waals surface area contributed by atoms with Crippen LogP contribution in [0.3, 0.4) is 0 Å². The second kappa shape index (κ2) is 5.70. The molecule has 2 aromatic rings. The number of anilines is 1. The van der Waals surface area contributed by atoms with Gasteiger partial charge in [0.2, 0.25) is 0 Å². The van der Waals surface area contributed by atoms with E-state index in [1.54, 1.807) is 0 Å². The molecule has 0 aliphatic heterocycles. The van der Waals surface area contributed by atoms with Crippen LogP contribution in [-0.4, -0.2) is 15.8 Å². The van der Waals surface area contributed by atoms with Crippen LogP contribution in [0.1, 0.15) is 32.3 Å². The Labute approximate surface area is 121 Å². The Morgan fingerprint density at radius 3 is 2.85 bits per heavy atom. The van der Waals surface area contributed by atoms with Crippen LogP contribution >= 0.6 is 0 Å². The van der Waals surface area contributed by atoms with E-state index in [9.17, 15) is 0 Å². The zero-order valence-corrected chi connectivity index (χ0v) is 12.3. The number of hydrogen-bond acceptors (Lipinski definition) is 2. The zero-order chi connectivity index (χ0) is 13.9. The Hall–Kier alpha value is -1.77. The van der Waals surface area contributed by atoms with E-state index in [4.69, 9.17) is 0 Å². The summed E-state index contributed by atoms with van der Waals surface area (Å²) in [7, 11) is 0. The highest BCUT2D eigenvalue weighted by atomic mass is 15.3. The first-order chi connectivity index (χ1) is 9.70. The van der Waals surface area contributed by atoms with Crippen molar-refractivity contribution in [1.29, 1.82) is 0 Å². The third kappa shape index (κ3) is 3.03. The molecule has 1 aromatic heterocycles. The number of hydrogen-bond donors (Lipinski definition) is 1. The molecule has 3 rings (SSSR count). The van der Waals surface area contributed by atoms with Gasteiger partial charge >= 0.3 is 0 Å². The lowest BCUT2D eigenvalue weighted by Gasteiger charge is -2.39. The smallest absolute Gasteiger partial charge is 0.0660 e. The standard InChI is InChI=1S/C17H23N3/c1-13(2)15-10-17(11-15)19-16-6-3-5-14(9-16)12-20-8-4-7-18-20/h3-9,13,15,17,19H,10-12H2,1-2H3. The van der Waals surface area contributed by atoms with Crippen molar-refractivity contribution in [2.45, 2.75) is 39.3 Å². The molecule has 3 heteroatoms. The molecule has 0 unspecified atom stereocenters. The molecule has 1 N–H and O–H groups in total. The maximum atomic E-state index is 4.26. The number of nitrogens with one attached hydrogen (secondary N) is 1. The van der Waals surface area contributed by atoms with Gasteiger partial charge in [0.15, 0.2) is 0 Å². The van der Waals surface area contributed by atoms with Crippen molar-refractivity contribution in [3.63, 3.8) is 0 Å². The molecule has 1 aliphatic rings. The first kappa shape index (κ1) is 13.2. The van der Waals surface area contributed by atoms with Crippen molar-refractivity contribution in [2.75, 3.05) is 5.32 Å². The van der Waals surface area contributed by atoms with Crippen molar-refractivity contribution in [3.8, 4) is 0 Å². The molecule has 0 radical (unpaired) electrons. The average molecular weight is 269 g/mol. The monoisotopic (exact) mass is 269 g/mol. The molecule has 1 heterocycles. The van der Waals surface area contributed by atoms with Gasteiger partial charge in [-0.1, -0.05) is 26.0 Å². The maximum Gasteiger partial charge on any atom is 0.0660 e. The minimum Gasteiger partial charge on any atom is -0.382 e. The van der Waals surface area contributed by atoms with Crippen LogP contribution in [0.5, 0.6) is 0 Å². The van der Waals surface area contributed by atoms with Crippen molar-refractivity contribution in [2.24, 2.45) is 11.8 Å². The highest BCUT2D eigenvalue weighted by molar-refractivity contribution is 5.47. The van der Waals surface area contributed by atoms with E-state index in [0.717, 1.165) is 18.4 Å². The third-order valence-electron chi connectivity index (χ3n) is 4.32. The number of nitrogens with zero attached hydrogens (tertiary/aromatic N) is 2. The molecule has 0 bridgehead atoms. The van der Waals surface area contributed by atoms with Gasteiger partial charge in [-0.05, 0) is 48.4 Å². The molecule has 106 valence electrons. The molecule has 1 aliphatic carbocycles. The van der Waals surface area contributed by atoms with Gasteiger partial charge in [-0.2, -0.15) is 5.10 Å². The fourth-order valence-corrected chi connectivity index (χ4v) is 2.90. The van der Waals surface area contributed by atoms with E-state index in [0.29, 0.717) is 6.04 Å². The summed E-state index contributed by atoms with van der Waals surface area (Å²) < 4.78 is 1.96. The van der Waals surface area contributed by atoms with Gasteiger partial charge in [-0.25, -0.2) is 0 Å². The van der Waals surface area contributed by atoms with Gasteiger partial charge in [0, 0.05) is 24.1 Å². The second-order valence-corrected chi connectivity index (χ2v) is 6.22. The van der Waals surface area contributed by atoms with Gasteiger partial charge in [0.1, 0.15) is 0 Å². The molecular formula is C17H23N3. The Bertz CT molecular complexity index is 539. The molecule has 1 fully saturated rings. The fraction of sp³-hybridized carbons (Fsp3) is 0.471. The minimum atomic E-state index is 0.655. The van der Waals surface area contributed by atoms with E-state index in [2.05, 4.69) is 48.5 Å². The molecular weight excluding hydrogens is 246 g/mol. The maximum absolute atomic E-state index is 4.26. The molecule has 0 spiro atoms. The quantitative estimate of drug-likeness (QED) is 0.895. The van der Waals surface area contributed by atoms with Crippen molar-refractivity contribution >= 4 is 5.69 Å². The summed E-state index contributed by atoms with van der Waals surface area (Å²) in [6.45, 7) is 5.49. The highest BCUT2D eigenvalue weighted by Gasteiger charge is 2.30. The molecule has 1 aromatic carbocycles. The van der Waals surface area contributed by atoms with Crippen molar-refractivity contribution in [1.82, 2.24) is 9.78 Å². The van der Waals surface area contributed by atoms with E-state index in [1.165, 1.54) is 24.1 Å². The highest BCUT2D eigenvalue weighted by Crippen LogP contribution is 2.35. The normalized spacial score (nSPS) is 21.8. The fourth-order valence-electron chi connectivity index (χ4n) is 2.90. The summed E-state index contributed by atoms with van der Waals surface area (Å²) in [6, 6.07) is 11.3. The largest absolute Gasteiger partial charge is 0.382 e. The summed E-state index contributed by atoms with van der Waals surface area (Å²) in [5.74, 6) is 1.72. The second-order valence-electron chi connectivity index (χ2n) is 6.22. The van der Waals surface area contributed by atoms with E-state index >= 15 is 0 Å². The minimum absolute atomic E-state index is 0.655. The third-order valence-corrected chi connectivity index (χ3v) is 4.32. The van der Waals surface area contributed by atoms with Crippen LogP contribution in [0, 0.1) is 11.8 Å². The molecule has 0 atom stereocenters. The predicted molar refractivity (Wildman–Crippen MR) is 82.7 cm³/mol. The summed E-state index contributed by atoms with van der Waals surface area (Å²) in [5.41, 5.74) is 2.53. The zero-order valence-electron chi connectivity index (χ0n) is 12.3. The number of aromatic nitrogens is 2. The van der Waals surface area contributed by atoms with Crippen LogP contribution in [0.2, 0.25) is 0 Å². The van der Waals surface area contributed by atoms with Crippen LogP contribution in [0.4, 0.5) is 5.69 Å². The lowest BCUT2D eigenvalue weighted by Crippen LogP contribution is -2.37. The summed E-state index contributed by atoms with van der Waals surface area (Å²) in [4.78, 5) is 0. The number of rotatable bonds is 5. The topological polar surface area (TPSA) is 29.9 Å². The Kier molecular flexibility index (Phi) is 3.77. The molecule has 20 heavy (non-hydrogen) atoms. The van der Waals surface area contributed by atoms with Crippen LogP contribution in [0.25, 0.3) is 0 Å². The average Bonchev–Trinajstić information content (AvgIpc) is 2.86. The summed E-state index contributed by atoms with van der Waals surface area (Å²) in [5, 5.41) is 7.91. The first-order valence-electron chi connectivity index (χ1n) is 7.53. The molecule has 1 saturated carbocycles. The molecule has 3 nitrogen and oxygen atoms in total. The van der Waals surface area contributed by atoms with Gasteiger partial charge in [-0.15, -0.1) is 0 Å². The summed E-state index contributed by atoms with van der Waals surface area (Å²) in [6.07, 6.45) is 6.43. The Morgan fingerprint density at radius 1 is 1.30 bits per heavy atom. The van der Waals surface area contributed by atoms with Gasteiger partial charge < -0.3 is 5.32 Å². The number of benzene rings is 1. The van der Waals surface area contributed by atoms with Crippen LogP contribution in [-0.2, 0) is 6.54 Å². The lowest BCUT2D eigenvalue weighted by molar-refractivity contribution is 0.212.